The van der Waals surface area contributed by atoms with Crippen LogP contribution in [0.5, 0.6) is 5.75 Å². The normalized spacial score (nSPS) is 14.1. The number of hydrogen-bond acceptors (Lipinski definition) is 10. The van der Waals surface area contributed by atoms with Crippen LogP contribution in [0, 0.1) is 24.0 Å². The molecular formula is C34H31N7O5S2. The predicted octanol–water partition coefficient (Wildman–Crippen LogP) is 6.26. The van der Waals surface area contributed by atoms with E-state index in [9.17, 15) is 19.7 Å². The van der Waals surface area contributed by atoms with Crippen molar-refractivity contribution < 1.29 is 19.2 Å². The number of aromatic nitrogens is 3. The van der Waals surface area contributed by atoms with Crippen LogP contribution in [0.3, 0.4) is 0 Å². The van der Waals surface area contributed by atoms with E-state index in [-0.39, 0.29) is 35.5 Å². The molecule has 0 spiro atoms. The fourth-order valence-electron chi connectivity index (χ4n) is 5.33. The first kappa shape index (κ1) is 32.6. The second-order valence-electron chi connectivity index (χ2n) is 11.0. The molecule has 3 heterocycles. The van der Waals surface area contributed by atoms with Crippen LogP contribution in [0.1, 0.15) is 50.2 Å². The van der Waals surface area contributed by atoms with Gasteiger partial charge in [0.15, 0.2) is 11.0 Å². The van der Waals surface area contributed by atoms with E-state index in [1.807, 2.05) is 78.4 Å². The zero-order chi connectivity index (χ0) is 33.8. The van der Waals surface area contributed by atoms with Gasteiger partial charge in [0.1, 0.15) is 5.75 Å². The molecule has 0 saturated carbocycles. The lowest BCUT2D eigenvalue weighted by atomic mass is 10.0. The Kier molecular flexibility index (Phi) is 9.64. The number of benzene rings is 3. The minimum Gasteiger partial charge on any atom is -0.497 e. The van der Waals surface area contributed by atoms with E-state index >= 15 is 0 Å². The van der Waals surface area contributed by atoms with Crippen molar-refractivity contribution in [2.24, 2.45) is 5.10 Å². The van der Waals surface area contributed by atoms with Gasteiger partial charge in [-0.05, 0) is 72.3 Å². The summed E-state index contributed by atoms with van der Waals surface area (Å²) in [7, 11) is 1.62. The molecule has 3 aromatic carbocycles. The third-order valence-electron chi connectivity index (χ3n) is 8.06. The van der Waals surface area contributed by atoms with Gasteiger partial charge in [-0.2, -0.15) is 5.10 Å². The van der Waals surface area contributed by atoms with Crippen LogP contribution >= 0.6 is 23.1 Å². The van der Waals surface area contributed by atoms with Gasteiger partial charge in [-0.3, -0.25) is 24.3 Å². The number of aryl methyl sites for hydroxylation is 1. The number of thioether (sulfide) groups is 1. The van der Waals surface area contributed by atoms with E-state index in [1.165, 1.54) is 36.0 Å². The second kappa shape index (κ2) is 14.2. The molecule has 0 unspecified atom stereocenters. The molecule has 0 aliphatic carbocycles. The van der Waals surface area contributed by atoms with E-state index in [2.05, 4.69) is 15.5 Å². The summed E-state index contributed by atoms with van der Waals surface area (Å²) in [5, 5.41) is 31.5. The molecule has 1 atom stereocenters. The van der Waals surface area contributed by atoms with Gasteiger partial charge in [-0.25, -0.2) is 5.01 Å². The molecule has 0 fully saturated rings. The van der Waals surface area contributed by atoms with Gasteiger partial charge in [0, 0.05) is 24.1 Å². The second-order valence-corrected chi connectivity index (χ2v) is 12.9. The molecule has 0 saturated heterocycles. The van der Waals surface area contributed by atoms with Crippen LogP contribution < -0.4 is 10.1 Å². The highest BCUT2D eigenvalue weighted by molar-refractivity contribution is 7.99. The van der Waals surface area contributed by atoms with Gasteiger partial charge in [0.05, 0.1) is 46.6 Å². The number of carbonyl (C=O) groups excluding carboxylic acids is 2. The molecule has 0 radical (unpaired) electrons. The minimum absolute atomic E-state index is 0.0326. The molecule has 2 amide bonds. The Balaban J connectivity index is 1.24. The van der Waals surface area contributed by atoms with Gasteiger partial charge >= 0.3 is 0 Å². The summed E-state index contributed by atoms with van der Waals surface area (Å²) in [4.78, 5) is 38.3. The molecule has 244 valence electrons. The van der Waals surface area contributed by atoms with Crippen LogP contribution in [0.4, 0.5) is 5.69 Å². The number of ether oxygens (including phenoxy) is 1. The Morgan fingerprint density at radius 1 is 1.04 bits per heavy atom. The largest absolute Gasteiger partial charge is 0.497 e. The van der Waals surface area contributed by atoms with Crippen molar-refractivity contribution in [3.63, 3.8) is 0 Å². The monoisotopic (exact) mass is 681 g/mol. The number of amides is 2. The number of non-ortho nitro benzene ring substituents is 1. The Bertz CT molecular complexity index is 1990. The fourth-order valence-corrected chi connectivity index (χ4v) is 6.87. The van der Waals surface area contributed by atoms with Gasteiger partial charge in [-0.1, -0.05) is 42.1 Å². The first-order valence-electron chi connectivity index (χ1n) is 15.0. The van der Waals surface area contributed by atoms with E-state index in [4.69, 9.17) is 9.84 Å². The molecule has 0 bridgehead atoms. The molecule has 1 aliphatic heterocycles. The van der Waals surface area contributed by atoms with Gasteiger partial charge in [-0.15, -0.1) is 21.5 Å². The molecule has 2 aromatic heterocycles. The van der Waals surface area contributed by atoms with Crippen molar-refractivity contribution in [2.75, 3.05) is 12.9 Å². The maximum Gasteiger partial charge on any atom is 0.269 e. The van der Waals surface area contributed by atoms with Gasteiger partial charge in [0.25, 0.3) is 17.5 Å². The van der Waals surface area contributed by atoms with Crippen molar-refractivity contribution in [1.82, 2.24) is 25.1 Å². The first-order chi connectivity index (χ1) is 23.2. The van der Waals surface area contributed by atoms with Crippen molar-refractivity contribution in [2.45, 2.75) is 38.0 Å². The number of carbonyl (C=O) groups is 2. The average molecular weight is 682 g/mol. The molecule has 5 aromatic rings. The molecule has 12 nitrogen and oxygen atoms in total. The number of nitrogens with one attached hydrogen (secondary N) is 1. The lowest BCUT2D eigenvalue weighted by Crippen LogP contribution is -2.28. The summed E-state index contributed by atoms with van der Waals surface area (Å²) in [5.74, 6) is 0.643. The van der Waals surface area contributed by atoms with E-state index in [0.717, 1.165) is 38.7 Å². The van der Waals surface area contributed by atoms with Gasteiger partial charge in [0.2, 0.25) is 0 Å². The van der Waals surface area contributed by atoms with Gasteiger partial charge < -0.3 is 10.1 Å². The number of hydrogen-bond donors (Lipinski definition) is 1. The highest BCUT2D eigenvalue weighted by Gasteiger charge is 2.34. The lowest BCUT2D eigenvalue weighted by molar-refractivity contribution is -0.384. The molecular weight excluding hydrogens is 651 g/mol. The number of methoxy groups -OCH3 is 1. The Morgan fingerprint density at radius 3 is 2.50 bits per heavy atom. The van der Waals surface area contributed by atoms with Crippen molar-refractivity contribution in [3.05, 3.63) is 127 Å². The zero-order valence-corrected chi connectivity index (χ0v) is 28.0. The standard InChI is InChI=1S/C34H31N7O5S2/c1-21-6-4-7-28(22(21)2)39-31(19-35-33(43)24-9-13-25(14-10-24)41(44)45)36-37-34(39)48-20-32(42)40-29(23-11-15-26(46-3)16-12-23)18-27(38-40)30-8-5-17-47-30/h4-17,29H,18-20H2,1-3H3,(H,35,43)/t29-/m1/s1. The van der Waals surface area contributed by atoms with Crippen molar-refractivity contribution >= 4 is 46.3 Å². The highest BCUT2D eigenvalue weighted by Crippen LogP contribution is 2.36. The fraction of sp³-hybridized carbons (Fsp3) is 0.206. The third-order valence-corrected chi connectivity index (χ3v) is 9.89. The van der Waals surface area contributed by atoms with E-state index in [1.54, 1.807) is 23.5 Å². The summed E-state index contributed by atoms with van der Waals surface area (Å²) in [6.45, 7) is 4.03. The van der Waals surface area contributed by atoms with E-state index in [0.29, 0.717) is 17.4 Å². The molecule has 1 N–H and O–H groups in total. The highest BCUT2D eigenvalue weighted by atomic mass is 32.2. The number of thiophene rings is 1. The zero-order valence-electron chi connectivity index (χ0n) is 26.3. The molecule has 1 aliphatic rings. The topological polar surface area (TPSA) is 145 Å². The number of hydrazone groups is 1. The van der Waals surface area contributed by atoms with E-state index < -0.39 is 10.8 Å². The average Bonchev–Trinajstić information content (AvgIpc) is 3.88. The molecule has 14 heteroatoms. The summed E-state index contributed by atoms with van der Waals surface area (Å²) in [6, 6.07) is 22.6. The summed E-state index contributed by atoms with van der Waals surface area (Å²) in [6.07, 6.45) is 0.584. The summed E-state index contributed by atoms with van der Waals surface area (Å²) in [5.41, 5.74) is 4.86. The number of nitro benzene ring substituents is 1. The summed E-state index contributed by atoms with van der Waals surface area (Å²) < 4.78 is 7.18. The number of nitrogens with zero attached hydrogens (tertiary/aromatic N) is 6. The Morgan fingerprint density at radius 2 is 1.81 bits per heavy atom. The quantitative estimate of drug-likeness (QED) is 0.0977. The first-order valence-corrected chi connectivity index (χ1v) is 16.8. The lowest BCUT2D eigenvalue weighted by Gasteiger charge is -2.22. The third kappa shape index (κ3) is 6.85. The smallest absolute Gasteiger partial charge is 0.269 e. The Hall–Kier alpha value is -5.34. The van der Waals surface area contributed by atoms with Crippen LogP contribution in [0.15, 0.2) is 94.5 Å². The van der Waals surface area contributed by atoms with Crippen LogP contribution in [-0.2, 0) is 11.3 Å². The SMILES string of the molecule is COc1ccc([C@H]2CC(c3cccs3)=NN2C(=O)CSc2nnc(CNC(=O)c3ccc([N+](=O)[O-])cc3)n2-c2cccc(C)c2C)cc1. The molecule has 6 rings (SSSR count). The van der Waals surface area contributed by atoms with Crippen molar-refractivity contribution in [1.29, 1.82) is 0 Å². The van der Waals surface area contributed by atoms with Crippen LogP contribution in [-0.4, -0.2) is 55.1 Å². The van der Waals surface area contributed by atoms with Crippen LogP contribution in [0.2, 0.25) is 0 Å². The Labute approximate surface area is 284 Å². The maximum atomic E-state index is 13.9. The number of nitro groups is 1. The minimum atomic E-state index is -0.518. The maximum absolute atomic E-state index is 13.9. The molecule has 48 heavy (non-hydrogen) atoms. The summed E-state index contributed by atoms with van der Waals surface area (Å²) >= 11 is 2.83. The predicted molar refractivity (Wildman–Crippen MR) is 184 cm³/mol. The van der Waals surface area contributed by atoms with Crippen LogP contribution in [0.25, 0.3) is 5.69 Å². The van der Waals surface area contributed by atoms with Crippen molar-refractivity contribution in [3.8, 4) is 11.4 Å². The number of rotatable bonds is 11.